The van der Waals surface area contributed by atoms with Gasteiger partial charge in [-0.25, -0.2) is 0 Å². The van der Waals surface area contributed by atoms with Gasteiger partial charge in [-0.1, -0.05) is 35.9 Å². The molecule has 2 aromatic carbocycles. The molecule has 0 radical (unpaired) electrons. The van der Waals surface area contributed by atoms with Gasteiger partial charge in [-0.3, -0.25) is 14.5 Å². The van der Waals surface area contributed by atoms with Crippen LogP contribution in [0.25, 0.3) is 0 Å². The highest BCUT2D eigenvalue weighted by molar-refractivity contribution is 6.07. The average molecular weight is 399 g/mol. The first-order valence-electron chi connectivity index (χ1n) is 9.59. The van der Waals surface area contributed by atoms with Crippen LogP contribution in [0.15, 0.2) is 59.8 Å². The lowest BCUT2D eigenvalue weighted by atomic mass is 9.77. The SMILES string of the molecule is Cc1cccc(C2CC(=O)N(c3cccc(C(F)(F)F)c3)C3=C2C(=O)CCC3)c1. The van der Waals surface area contributed by atoms with Crippen LogP contribution in [0.2, 0.25) is 0 Å². The molecule has 0 saturated heterocycles. The molecule has 1 aliphatic heterocycles. The zero-order chi connectivity index (χ0) is 20.8. The lowest BCUT2D eigenvalue weighted by molar-refractivity contribution is -0.137. The standard InChI is InChI=1S/C23H20F3NO2/c1-14-5-2-6-15(11-14)18-13-21(29)27(19-9-4-10-20(28)22(18)19)17-8-3-7-16(12-17)23(24,25)26/h2-3,5-8,11-12,18H,4,9-10,13H2,1H3. The van der Waals surface area contributed by atoms with Crippen LogP contribution in [0.5, 0.6) is 0 Å². The smallest absolute Gasteiger partial charge is 0.294 e. The number of nitrogens with zero attached hydrogens (tertiary/aromatic N) is 1. The second-order valence-corrected chi connectivity index (χ2v) is 7.59. The molecule has 29 heavy (non-hydrogen) atoms. The predicted octanol–water partition coefficient (Wildman–Crippen LogP) is 5.54. The van der Waals surface area contributed by atoms with Crippen molar-refractivity contribution in [2.45, 2.75) is 44.7 Å². The van der Waals surface area contributed by atoms with Crippen molar-refractivity contribution in [1.82, 2.24) is 0 Å². The Balaban J connectivity index is 1.85. The van der Waals surface area contributed by atoms with E-state index < -0.39 is 11.7 Å². The van der Waals surface area contributed by atoms with Gasteiger partial charge >= 0.3 is 6.18 Å². The van der Waals surface area contributed by atoms with Gasteiger partial charge in [0.15, 0.2) is 5.78 Å². The molecule has 0 spiro atoms. The number of Topliss-reactive ketones (excluding diaryl/α,β-unsaturated/α-hetero) is 1. The lowest BCUT2D eigenvalue weighted by Gasteiger charge is -2.38. The van der Waals surface area contributed by atoms with E-state index in [2.05, 4.69) is 0 Å². The number of carbonyl (C=O) groups is 2. The van der Waals surface area contributed by atoms with Gasteiger partial charge in [0.25, 0.3) is 0 Å². The van der Waals surface area contributed by atoms with E-state index >= 15 is 0 Å². The molecule has 0 aromatic heterocycles. The third-order valence-electron chi connectivity index (χ3n) is 5.55. The highest BCUT2D eigenvalue weighted by Gasteiger charge is 2.40. The zero-order valence-corrected chi connectivity index (χ0v) is 15.9. The van der Waals surface area contributed by atoms with E-state index in [0.717, 1.165) is 23.3 Å². The number of hydrogen-bond donors (Lipinski definition) is 0. The first-order chi connectivity index (χ1) is 13.8. The maximum Gasteiger partial charge on any atom is 0.416 e. The molecular weight excluding hydrogens is 379 g/mol. The van der Waals surface area contributed by atoms with Crippen LogP contribution >= 0.6 is 0 Å². The summed E-state index contributed by atoms with van der Waals surface area (Å²) in [7, 11) is 0. The summed E-state index contributed by atoms with van der Waals surface area (Å²) < 4.78 is 39.5. The third kappa shape index (κ3) is 3.59. The Labute approximate surface area is 166 Å². The number of ketones is 1. The van der Waals surface area contributed by atoms with Crippen molar-refractivity contribution in [3.63, 3.8) is 0 Å². The summed E-state index contributed by atoms with van der Waals surface area (Å²) in [6.45, 7) is 1.95. The van der Waals surface area contributed by atoms with Gasteiger partial charge in [0, 0.05) is 35.7 Å². The van der Waals surface area contributed by atoms with Crippen molar-refractivity contribution in [3.8, 4) is 0 Å². The number of alkyl halides is 3. The van der Waals surface area contributed by atoms with Crippen LogP contribution in [0.1, 0.15) is 48.3 Å². The van der Waals surface area contributed by atoms with Crippen molar-refractivity contribution in [3.05, 3.63) is 76.5 Å². The lowest BCUT2D eigenvalue weighted by Crippen LogP contribution is -2.40. The minimum Gasteiger partial charge on any atom is -0.294 e. The molecule has 2 aromatic rings. The highest BCUT2D eigenvalue weighted by atomic mass is 19.4. The van der Waals surface area contributed by atoms with Crippen molar-refractivity contribution >= 4 is 17.4 Å². The maximum absolute atomic E-state index is 13.2. The zero-order valence-electron chi connectivity index (χ0n) is 15.9. The second kappa shape index (κ2) is 7.17. The van der Waals surface area contributed by atoms with Crippen LogP contribution in [0.4, 0.5) is 18.9 Å². The van der Waals surface area contributed by atoms with Gasteiger partial charge in [0.2, 0.25) is 5.91 Å². The first kappa shape index (κ1) is 19.4. The number of allylic oxidation sites excluding steroid dienone is 2. The van der Waals surface area contributed by atoms with E-state index in [0.29, 0.717) is 30.5 Å². The fraction of sp³-hybridized carbons (Fsp3) is 0.304. The molecule has 1 aliphatic carbocycles. The van der Waals surface area contributed by atoms with Crippen LogP contribution in [0.3, 0.4) is 0 Å². The molecule has 1 heterocycles. The molecule has 0 N–H and O–H groups in total. The summed E-state index contributed by atoms with van der Waals surface area (Å²) in [5.41, 5.74) is 2.38. The van der Waals surface area contributed by atoms with Gasteiger partial charge in [-0.2, -0.15) is 13.2 Å². The number of amides is 1. The van der Waals surface area contributed by atoms with E-state index in [1.54, 1.807) is 0 Å². The summed E-state index contributed by atoms with van der Waals surface area (Å²) in [4.78, 5) is 27.2. The van der Waals surface area contributed by atoms with Crippen LogP contribution in [-0.2, 0) is 15.8 Å². The van der Waals surface area contributed by atoms with Gasteiger partial charge in [0.1, 0.15) is 0 Å². The number of rotatable bonds is 2. The van der Waals surface area contributed by atoms with Crippen LogP contribution < -0.4 is 4.90 Å². The maximum atomic E-state index is 13.2. The second-order valence-electron chi connectivity index (χ2n) is 7.59. The van der Waals surface area contributed by atoms with E-state index in [1.807, 2.05) is 31.2 Å². The number of hydrogen-bond acceptors (Lipinski definition) is 2. The molecule has 150 valence electrons. The summed E-state index contributed by atoms with van der Waals surface area (Å²) in [5.74, 6) is -0.668. The topological polar surface area (TPSA) is 37.4 Å². The molecule has 6 heteroatoms. The van der Waals surface area contributed by atoms with E-state index in [-0.39, 0.29) is 29.7 Å². The number of anilines is 1. The Morgan fingerprint density at radius 3 is 2.48 bits per heavy atom. The fourth-order valence-electron chi connectivity index (χ4n) is 4.29. The number of halogens is 3. The molecule has 1 amide bonds. The summed E-state index contributed by atoms with van der Waals surface area (Å²) in [6, 6.07) is 12.4. The van der Waals surface area contributed by atoms with Crippen molar-refractivity contribution in [1.29, 1.82) is 0 Å². The highest BCUT2D eigenvalue weighted by Crippen LogP contribution is 2.44. The summed E-state index contributed by atoms with van der Waals surface area (Å²) >= 11 is 0. The predicted molar refractivity (Wildman–Crippen MR) is 103 cm³/mol. The number of aryl methyl sites for hydroxylation is 1. The van der Waals surface area contributed by atoms with E-state index in [4.69, 9.17) is 0 Å². The summed E-state index contributed by atoms with van der Waals surface area (Å²) in [5, 5.41) is 0. The van der Waals surface area contributed by atoms with Crippen molar-refractivity contribution < 1.29 is 22.8 Å². The number of benzene rings is 2. The Bertz CT molecular complexity index is 1020. The Kier molecular flexibility index (Phi) is 4.81. The molecule has 1 atom stereocenters. The molecule has 0 fully saturated rings. The summed E-state index contributed by atoms with van der Waals surface area (Å²) in [6.07, 6.45) is -2.97. The number of carbonyl (C=O) groups excluding carboxylic acids is 2. The fourth-order valence-corrected chi connectivity index (χ4v) is 4.29. The van der Waals surface area contributed by atoms with Gasteiger partial charge in [0.05, 0.1) is 5.56 Å². The van der Waals surface area contributed by atoms with Gasteiger partial charge in [-0.15, -0.1) is 0 Å². The normalized spacial score (nSPS) is 20.1. The largest absolute Gasteiger partial charge is 0.416 e. The van der Waals surface area contributed by atoms with Gasteiger partial charge < -0.3 is 0 Å². The van der Waals surface area contributed by atoms with Gasteiger partial charge in [-0.05, 0) is 43.5 Å². The van der Waals surface area contributed by atoms with E-state index in [9.17, 15) is 22.8 Å². The van der Waals surface area contributed by atoms with Crippen LogP contribution in [0, 0.1) is 6.92 Å². The quantitative estimate of drug-likeness (QED) is 0.665. The molecule has 0 saturated carbocycles. The van der Waals surface area contributed by atoms with E-state index in [1.165, 1.54) is 17.0 Å². The molecule has 3 nitrogen and oxygen atoms in total. The average Bonchev–Trinajstić information content (AvgIpc) is 2.67. The third-order valence-corrected chi connectivity index (χ3v) is 5.55. The minimum absolute atomic E-state index is 0.0257. The first-order valence-corrected chi connectivity index (χ1v) is 9.59. The van der Waals surface area contributed by atoms with Crippen molar-refractivity contribution in [2.24, 2.45) is 0 Å². The monoisotopic (exact) mass is 399 g/mol. The minimum atomic E-state index is -4.50. The molecule has 4 rings (SSSR count). The molecule has 0 bridgehead atoms. The van der Waals surface area contributed by atoms with Crippen molar-refractivity contribution in [2.75, 3.05) is 4.90 Å². The van der Waals surface area contributed by atoms with Crippen LogP contribution in [-0.4, -0.2) is 11.7 Å². The molecule has 2 aliphatic rings. The Morgan fingerprint density at radius 2 is 1.76 bits per heavy atom. The molecular formula is C23H20F3NO2. The molecule has 1 unspecified atom stereocenters. The Morgan fingerprint density at radius 1 is 1.00 bits per heavy atom. The Hall–Kier alpha value is -2.89.